The van der Waals surface area contributed by atoms with E-state index in [0.29, 0.717) is 34.3 Å². The van der Waals surface area contributed by atoms with Crippen molar-refractivity contribution in [2.24, 2.45) is 0 Å². The van der Waals surface area contributed by atoms with Gasteiger partial charge >= 0.3 is 6.03 Å². The van der Waals surface area contributed by atoms with Crippen molar-refractivity contribution in [2.45, 2.75) is 13.5 Å². The number of carbonyl (C=O) groups excluding carboxylic acids is 2. The standard InChI is InChI=1S/C27H25N5O3/c1-17-29-21-14-28-13-12-22(21)31(17)15-18-8-10-19(11-9-18)26(33)20-16-32(27(34)30(2)3)23-6-5-7-24(35-4)25(20)23/h5-14,16H,15H2,1-4H3. The molecule has 0 radical (unpaired) electrons. The zero-order valence-corrected chi connectivity index (χ0v) is 20.0. The summed E-state index contributed by atoms with van der Waals surface area (Å²) in [5.41, 5.74) is 4.50. The lowest BCUT2D eigenvalue weighted by Crippen LogP contribution is -2.26. The summed E-state index contributed by atoms with van der Waals surface area (Å²) in [6.45, 7) is 2.60. The van der Waals surface area contributed by atoms with Crippen LogP contribution in [-0.2, 0) is 6.54 Å². The maximum atomic E-state index is 13.6. The third-order valence-electron chi connectivity index (χ3n) is 6.14. The molecular weight excluding hydrogens is 442 g/mol. The lowest BCUT2D eigenvalue weighted by atomic mass is 10.0. The maximum Gasteiger partial charge on any atom is 0.328 e. The first kappa shape index (κ1) is 22.3. The van der Waals surface area contributed by atoms with Crippen molar-refractivity contribution in [3.8, 4) is 5.75 Å². The molecule has 35 heavy (non-hydrogen) atoms. The van der Waals surface area contributed by atoms with Crippen LogP contribution in [-0.4, -0.2) is 57.0 Å². The average molecular weight is 468 g/mol. The molecule has 5 rings (SSSR count). The quantitative estimate of drug-likeness (QED) is 0.355. The lowest BCUT2D eigenvalue weighted by molar-refractivity contribution is 0.104. The van der Waals surface area contributed by atoms with E-state index in [1.807, 2.05) is 49.4 Å². The number of methoxy groups -OCH3 is 1. The van der Waals surface area contributed by atoms with Crippen molar-refractivity contribution in [3.63, 3.8) is 0 Å². The Bertz CT molecular complexity index is 1580. The first-order valence-electron chi connectivity index (χ1n) is 11.2. The van der Waals surface area contributed by atoms with Crippen LogP contribution >= 0.6 is 0 Å². The van der Waals surface area contributed by atoms with Crippen LogP contribution in [0.5, 0.6) is 5.75 Å². The van der Waals surface area contributed by atoms with Crippen LogP contribution in [0.2, 0.25) is 0 Å². The van der Waals surface area contributed by atoms with E-state index in [2.05, 4.69) is 14.5 Å². The molecule has 8 nitrogen and oxygen atoms in total. The number of benzene rings is 2. The fourth-order valence-corrected chi connectivity index (χ4v) is 4.37. The second-order valence-electron chi connectivity index (χ2n) is 8.58. The average Bonchev–Trinajstić information content (AvgIpc) is 3.41. The minimum atomic E-state index is -0.240. The number of aromatic nitrogens is 4. The molecule has 0 fully saturated rings. The predicted molar refractivity (Wildman–Crippen MR) is 134 cm³/mol. The Hall–Kier alpha value is -4.46. The fraction of sp³-hybridized carbons (Fsp3) is 0.185. The summed E-state index contributed by atoms with van der Waals surface area (Å²) >= 11 is 0. The molecule has 0 aliphatic carbocycles. The van der Waals surface area contributed by atoms with E-state index in [9.17, 15) is 9.59 Å². The van der Waals surface area contributed by atoms with Crippen LogP contribution in [0.3, 0.4) is 0 Å². The third kappa shape index (κ3) is 3.82. The number of imidazole rings is 1. The lowest BCUT2D eigenvalue weighted by Gasteiger charge is -2.11. The molecule has 0 bridgehead atoms. The van der Waals surface area contributed by atoms with E-state index in [1.54, 1.807) is 45.9 Å². The number of nitrogens with zero attached hydrogens (tertiary/aromatic N) is 5. The number of hydrogen-bond donors (Lipinski definition) is 0. The van der Waals surface area contributed by atoms with Crippen molar-refractivity contribution >= 4 is 33.8 Å². The van der Waals surface area contributed by atoms with Crippen LogP contribution in [0.4, 0.5) is 4.79 Å². The summed E-state index contributed by atoms with van der Waals surface area (Å²) in [7, 11) is 4.91. The van der Waals surface area contributed by atoms with E-state index in [1.165, 1.54) is 9.47 Å². The number of amides is 1. The Morgan fingerprint density at radius 2 is 1.80 bits per heavy atom. The molecule has 0 aliphatic heterocycles. The van der Waals surface area contributed by atoms with Crippen molar-refractivity contribution in [1.29, 1.82) is 0 Å². The van der Waals surface area contributed by atoms with Gasteiger partial charge in [0.15, 0.2) is 5.78 Å². The Balaban J connectivity index is 1.51. The van der Waals surface area contributed by atoms with Gasteiger partial charge in [0.2, 0.25) is 0 Å². The van der Waals surface area contributed by atoms with E-state index < -0.39 is 0 Å². The predicted octanol–water partition coefficient (Wildman–Crippen LogP) is 4.51. The van der Waals surface area contributed by atoms with Gasteiger partial charge in [0.25, 0.3) is 0 Å². The topological polar surface area (TPSA) is 82.2 Å². The van der Waals surface area contributed by atoms with Gasteiger partial charge in [-0.3, -0.25) is 14.3 Å². The molecule has 0 unspecified atom stereocenters. The number of rotatable bonds is 5. The number of hydrogen-bond acceptors (Lipinski definition) is 5. The number of ether oxygens (including phenoxy) is 1. The monoisotopic (exact) mass is 467 g/mol. The van der Waals surface area contributed by atoms with Crippen LogP contribution < -0.4 is 4.74 Å². The molecule has 2 aromatic carbocycles. The van der Waals surface area contributed by atoms with Crippen molar-refractivity contribution < 1.29 is 14.3 Å². The van der Waals surface area contributed by atoms with E-state index in [-0.39, 0.29) is 11.8 Å². The maximum absolute atomic E-state index is 13.6. The Morgan fingerprint density at radius 3 is 2.51 bits per heavy atom. The molecule has 0 aliphatic rings. The van der Waals surface area contributed by atoms with Crippen LogP contribution in [0.25, 0.3) is 21.9 Å². The van der Waals surface area contributed by atoms with Gasteiger partial charge in [-0.25, -0.2) is 9.78 Å². The zero-order valence-electron chi connectivity index (χ0n) is 20.0. The Labute approximate surface area is 202 Å². The molecular formula is C27H25N5O3. The van der Waals surface area contributed by atoms with E-state index >= 15 is 0 Å². The number of aryl methyl sites for hydroxylation is 1. The van der Waals surface area contributed by atoms with Gasteiger partial charge in [0, 0.05) is 38.6 Å². The molecule has 8 heteroatoms. The Kier molecular flexibility index (Phi) is 5.56. The summed E-state index contributed by atoms with van der Waals surface area (Å²) in [6, 6.07) is 14.7. The van der Waals surface area contributed by atoms with Crippen molar-refractivity contribution in [3.05, 3.63) is 89.6 Å². The van der Waals surface area contributed by atoms with Gasteiger partial charge in [-0.2, -0.15) is 0 Å². The molecule has 5 aromatic rings. The summed E-state index contributed by atoms with van der Waals surface area (Å²) < 4.78 is 9.14. The smallest absolute Gasteiger partial charge is 0.328 e. The largest absolute Gasteiger partial charge is 0.496 e. The molecule has 0 N–H and O–H groups in total. The van der Waals surface area contributed by atoms with Gasteiger partial charge in [0.1, 0.15) is 17.1 Å². The molecule has 0 spiro atoms. The summed E-state index contributed by atoms with van der Waals surface area (Å²) in [4.78, 5) is 36.5. The summed E-state index contributed by atoms with van der Waals surface area (Å²) in [6.07, 6.45) is 5.11. The first-order valence-corrected chi connectivity index (χ1v) is 11.2. The molecule has 3 aromatic heterocycles. The highest BCUT2D eigenvalue weighted by atomic mass is 16.5. The van der Waals surface area contributed by atoms with Gasteiger partial charge in [0.05, 0.1) is 35.3 Å². The van der Waals surface area contributed by atoms with Crippen LogP contribution in [0.15, 0.2) is 67.1 Å². The molecule has 0 saturated heterocycles. The van der Waals surface area contributed by atoms with Crippen LogP contribution in [0, 0.1) is 6.92 Å². The van der Waals surface area contributed by atoms with Gasteiger partial charge in [-0.15, -0.1) is 0 Å². The minimum Gasteiger partial charge on any atom is -0.496 e. The number of carbonyl (C=O) groups is 2. The van der Waals surface area contributed by atoms with Gasteiger partial charge in [-0.05, 0) is 30.7 Å². The summed E-state index contributed by atoms with van der Waals surface area (Å²) in [5, 5.41) is 0.619. The second kappa shape index (κ2) is 8.72. The zero-order chi connectivity index (χ0) is 24.7. The van der Waals surface area contributed by atoms with Crippen molar-refractivity contribution in [1.82, 2.24) is 24.0 Å². The normalized spacial score (nSPS) is 11.2. The van der Waals surface area contributed by atoms with Crippen molar-refractivity contribution in [2.75, 3.05) is 21.2 Å². The highest BCUT2D eigenvalue weighted by Crippen LogP contribution is 2.32. The van der Waals surface area contributed by atoms with E-state index in [4.69, 9.17) is 4.74 Å². The molecule has 0 saturated carbocycles. The summed E-state index contributed by atoms with van der Waals surface area (Å²) in [5.74, 6) is 1.27. The second-order valence-corrected chi connectivity index (χ2v) is 8.58. The highest BCUT2D eigenvalue weighted by molar-refractivity contribution is 6.18. The molecule has 1 amide bonds. The van der Waals surface area contributed by atoms with E-state index in [0.717, 1.165) is 22.4 Å². The number of pyridine rings is 1. The molecule has 0 atom stereocenters. The SMILES string of the molecule is COc1cccc2c1c(C(=O)c1ccc(Cn3c(C)nc4cnccc43)cc1)cn2C(=O)N(C)C. The number of ketones is 1. The fourth-order valence-electron chi connectivity index (χ4n) is 4.37. The molecule has 176 valence electrons. The number of fused-ring (bicyclic) bond motifs is 2. The Morgan fingerprint density at radius 1 is 1.03 bits per heavy atom. The minimum absolute atomic E-state index is 0.174. The van der Waals surface area contributed by atoms with Gasteiger partial charge in [-0.1, -0.05) is 30.3 Å². The molecule has 3 heterocycles. The van der Waals surface area contributed by atoms with Gasteiger partial charge < -0.3 is 14.2 Å². The van der Waals surface area contributed by atoms with Crippen LogP contribution in [0.1, 0.15) is 27.3 Å². The third-order valence-corrected chi connectivity index (χ3v) is 6.14. The first-order chi connectivity index (χ1) is 16.9. The highest BCUT2D eigenvalue weighted by Gasteiger charge is 2.23.